The van der Waals surface area contributed by atoms with Crippen LogP contribution in [0.25, 0.3) is 0 Å². The van der Waals surface area contributed by atoms with Crippen LogP contribution in [0.15, 0.2) is 48.1 Å². The monoisotopic (exact) mass is 283 g/mol. The van der Waals surface area contributed by atoms with Crippen molar-refractivity contribution in [2.24, 2.45) is 5.92 Å². The van der Waals surface area contributed by atoms with E-state index < -0.39 is 0 Å². The van der Waals surface area contributed by atoms with E-state index in [1.54, 1.807) is 18.2 Å². The van der Waals surface area contributed by atoms with Crippen molar-refractivity contribution in [1.82, 2.24) is 4.90 Å². The smallest absolute Gasteiger partial charge is 0.257 e. The fraction of sp³-hybridized carbons (Fsp3) is 0.294. The highest BCUT2D eigenvalue weighted by Crippen LogP contribution is 2.48. The molecule has 21 heavy (non-hydrogen) atoms. The summed E-state index contributed by atoms with van der Waals surface area (Å²) in [6.45, 7) is 0. The van der Waals surface area contributed by atoms with Crippen LogP contribution in [0.3, 0.4) is 0 Å². The summed E-state index contributed by atoms with van der Waals surface area (Å²) in [6, 6.07) is 6.24. The predicted molar refractivity (Wildman–Crippen MR) is 74.7 cm³/mol. The van der Waals surface area contributed by atoms with E-state index >= 15 is 0 Å². The summed E-state index contributed by atoms with van der Waals surface area (Å²) in [5, 5.41) is 0. The van der Waals surface area contributed by atoms with Gasteiger partial charge in [0.05, 0.1) is 5.92 Å². The van der Waals surface area contributed by atoms with E-state index in [4.69, 9.17) is 0 Å². The molecule has 3 aliphatic rings. The highest BCUT2D eigenvalue weighted by atomic mass is 19.1. The molecule has 1 unspecified atom stereocenters. The Hall–Kier alpha value is -2.23. The molecule has 1 aromatic rings. The first-order chi connectivity index (χ1) is 10.2. The van der Waals surface area contributed by atoms with Crippen LogP contribution in [-0.4, -0.2) is 22.8 Å². The van der Waals surface area contributed by atoms with Crippen molar-refractivity contribution < 1.29 is 14.0 Å². The predicted octanol–water partition coefficient (Wildman–Crippen LogP) is 2.55. The van der Waals surface area contributed by atoms with Crippen LogP contribution in [0.1, 0.15) is 24.3 Å². The zero-order valence-electron chi connectivity index (χ0n) is 11.3. The second kappa shape index (κ2) is 4.38. The fourth-order valence-corrected chi connectivity index (χ4v) is 3.34. The molecule has 1 saturated heterocycles. The first-order valence-corrected chi connectivity index (χ1v) is 7.16. The summed E-state index contributed by atoms with van der Waals surface area (Å²) in [5.74, 6) is -0.648. The zero-order valence-corrected chi connectivity index (χ0v) is 11.3. The first kappa shape index (κ1) is 12.5. The van der Waals surface area contributed by atoms with E-state index in [1.807, 2.05) is 12.2 Å². The van der Waals surface area contributed by atoms with Gasteiger partial charge in [-0.2, -0.15) is 0 Å². The molecule has 2 aliphatic carbocycles. The van der Waals surface area contributed by atoms with Gasteiger partial charge in [-0.05, 0) is 30.5 Å². The second-order valence-corrected chi connectivity index (χ2v) is 5.81. The average Bonchev–Trinajstić information content (AvgIpc) is 3.23. The fourth-order valence-electron chi connectivity index (χ4n) is 3.34. The van der Waals surface area contributed by atoms with Crippen LogP contribution in [0, 0.1) is 11.7 Å². The van der Waals surface area contributed by atoms with Crippen LogP contribution in [0.4, 0.5) is 4.39 Å². The third-order valence-electron chi connectivity index (χ3n) is 4.55. The Bertz CT molecular complexity index is 689. The summed E-state index contributed by atoms with van der Waals surface area (Å²) in [4.78, 5) is 26.3. The number of imide groups is 1. The molecule has 1 aliphatic heterocycles. The number of carbonyl (C=O) groups is 2. The van der Waals surface area contributed by atoms with Gasteiger partial charge >= 0.3 is 0 Å². The molecule has 1 aromatic carbocycles. The maximum absolute atomic E-state index is 13.0. The number of benzene rings is 1. The molecule has 1 heterocycles. The molecular weight excluding hydrogens is 269 g/mol. The standard InChI is InChI=1S/C17H14FNO2/c18-11-7-5-10(6-8-11)14-9-15(14)19-16(20)12-3-1-2-4-13(12)17(19)21/h1-3,5-8,13-15H,4,9H2/t13?,14-,15+/m1/s1. The van der Waals surface area contributed by atoms with Crippen molar-refractivity contribution in [3.8, 4) is 0 Å². The number of rotatable bonds is 2. The maximum Gasteiger partial charge on any atom is 0.257 e. The van der Waals surface area contributed by atoms with E-state index in [-0.39, 0.29) is 35.5 Å². The molecule has 3 nitrogen and oxygen atoms in total. The van der Waals surface area contributed by atoms with E-state index in [2.05, 4.69) is 0 Å². The third kappa shape index (κ3) is 1.86. The lowest BCUT2D eigenvalue weighted by Crippen LogP contribution is -2.33. The molecule has 4 rings (SSSR count). The molecule has 0 radical (unpaired) electrons. The van der Waals surface area contributed by atoms with E-state index in [1.165, 1.54) is 17.0 Å². The lowest BCUT2D eigenvalue weighted by atomic mass is 9.94. The van der Waals surface area contributed by atoms with Crippen LogP contribution in [-0.2, 0) is 9.59 Å². The molecule has 0 N–H and O–H groups in total. The highest BCUT2D eigenvalue weighted by Gasteiger charge is 2.54. The first-order valence-electron chi connectivity index (χ1n) is 7.16. The molecule has 106 valence electrons. The quantitative estimate of drug-likeness (QED) is 0.782. The molecule has 1 saturated carbocycles. The van der Waals surface area contributed by atoms with E-state index in [0.29, 0.717) is 12.0 Å². The van der Waals surface area contributed by atoms with Gasteiger partial charge in [-0.1, -0.05) is 30.4 Å². The Morgan fingerprint density at radius 2 is 1.90 bits per heavy atom. The van der Waals surface area contributed by atoms with Gasteiger partial charge in [0, 0.05) is 17.5 Å². The number of hydrogen-bond acceptors (Lipinski definition) is 2. The Balaban J connectivity index is 1.58. The zero-order chi connectivity index (χ0) is 14.6. The van der Waals surface area contributed by atoms with Gasteiger partial charge in [-0.3, -0.25) is 14.5 Å². The van der Waals surface area contributed by atoms with Gasteiger partial charge in [0.25, 0.3) is 5.91 Å². The molecule has 0 spiro atoms. The van der Waals surface area contributed by atoms with Crippen molar-refractivity contribution in [3.05, 3.63) is 59.4 Å². The molecule has 4 heteroatoms. The van der Waals surface area contributed by atoms with Gasteiger partial charge < -0.3 is 0 Å². The topological polar surface area (TPSA) is 37.4 Å². The summed E-state index contributed by atoms with van der Waals surface area (Å²) in [5.41, 5.74) is 1.61. The largest absolute Gasteiger partial charge is 0.274 e. The number of allylic oxidation sites excluding steroid dienone is 3. The van der Waals surface area contributed by atoms with Crippen molar-refractivity contribution >= 4 is 11.8 Å². The van der Waals surface area contributed by atoms with Crippen LogP contribution in [0.5, 0.6) is 0 Å². The lowest BCUT2D eigenvalue weighted by molar-refractivity contribution is -0.139. The van der Waals surface area contributed by atoms with Crippen LogP contribution >= 0.6 is 0 Å². The molecule has 2 fully saturated rings. The van der Waals surface area contributed by atoms with Gasteiger partial charge in [0.1, 0.15) is 5.82 Å². The number of nitrogens with zero attached hydrogens (tertiary/aromatic N) is 1. The minimum Gasteiger partial charge on any atom is -0.274 e. The average molecular weight is 283 g/mol. The maximum atomic E-state index is 13.0. The molecule has 0 bridgehead atoms. The van der Waals surface area contributed by atoms with E-state index in [0.717, 1.165) is 12.0 Å². The molecule has 3 atom stereocenters. The van der Waals surface area contributed by atoms with Crippen molar-refractivity contribution in [3.63, 3.8) is 0 Å². The summed E-state index contributed by atoms with van der Waals surface area (Å²) in [7, 11) is 0. The normalized spacial score (nSPS) is 30.4. The van der Waals surface area contributed by atoms with Crippen LogP contribution in [0.2, 0.25) is 0 Å². The lowest BCUT2D eigenvalue weighted by Gasteiger charge is -2.14. The number of fused-ring (bicyclic) bond motifs is 1. The highest BCUT2D eigenvalue weighted by molar-refractivity contribution is 6.15. The third-order valence-corrected chi connectivity index (χ3v) is 4.55. The molecule has 0 aromatic heterocycles. The number of carbonyl (C=O) groups excluding carboxylic acids is 2. The summed E-state index contributed by atoms with van der Waals surface area (Å²) < 4.78 is 13.0. The SMILES string of the molecule is O=C1C2=CC=CCC2C(=O)N1[C@H]1C[C@@H]1c1ccc(F)cc1. The number of amides is 2. The Kier molecular flexibility index (Phi) is 2.61. The Morgan fingerprint density at radius 3 is 2.62 bits per heavy atom. The molecular formula is C17H14FNO2. The van der Waals surface area contributed by atoms with Crippen molar-refractivity contribution in [2.75, 3.05) is 0 Å². The number of likely N-dealkylation sites (tertiary alicyclic amines) is 1. The Morgan fingerprint density at radius 1 is 1.14 bits per heavy atom. The van der Waals surface area contributed by atoms with Gasteiger partial charge in [0.15, 0.2) is 0 Å². The number of halogens is 1. The van der Waals surface area contributed by atoms with Crippen LogP contribution < -0.4 is 0 Å². The summed E-state index contributed by atoms with van der Waals surface area (Å²) in [6.07, 6.45) is 6.90. The van der Waals surface area contributed by atoms with Gasteiger partial charge in [0.2, 0.25) is 5.91 Å². The number of hydrogen-bond donors (Lipinski definition) is 0. The molecule has 2 amide bonds. The minimum absolute atomic E-state index is 0.0676. The Labute approximate surface area is 121 Å². The summed E-state index contributed by atoms with van der Waals surface area (Å²) >= 11 is 0. The van der Waals surface area contributed by atoms with E-state index in [9.17, 15) is 14.0 Å². The van der Waals surface area contributed by atoms with Gasteiger partial charge in [-0.15, -0.1) is 0 Å². The van der Waals surface area contributed by atoms with Crippen molar-refractivity contribution in [2.45, 2.75) is 24.8 Å². The second-order valence-electron chi connectivity index (χ2n) is 5.81. The minimum atomic E-state index is -0.294. The van der Waals surface area contributed by atoms with Crippen molar-refractivity contribution in [1.29, 1.82) is 0 Å². The van der Waals surface area contributed by atoms with Gasteiger partial charge in [-0.25, -0.2) is 4.39 Å².